The lowest BCUT2D eigenvalue weighted by atomic mass is 10.00. The van der Waals surface area contributed by atoms with Crippen molar-refractivity contribution in [1.29, 1.82) is 0 Å². The Morgan fingerprint density at radius 1 is 1.30 bits per heavy atom. The van der Waals surface area contributed by atoms with Crippen LogP contribution in [0.4, 0.5) is 0 Å². The van der Waals surface area contributed by atoms with Gasteiger partial charge in [-0.25, -0.2) is 0 Å². The Labute approximate surface area is 120 Å². The maximum atomic E-state index is 12.3. The maximum Gasteiger partial charge on any atom is 0.222 e. The van der Waals surface area contributed by atoms with E-state index in [0.717, 1.165) is 32.4 Å². The molecule has 2 fully saturated rings. The lowest BCUT2D eigenvalue weighted by Crippen LogP contribution is -2.31. The highest BCUT2D eigenvalue weighted by atomic mass is 16.3. The smallest absolute Gasteiger partial charge is 0.222 e. The topological polar surface area (TPSA) is 40.5 Å². The zero-order valence-electron chi connectivity index (χ0n) is 12.1. The number of fused-ring (bicyclic) bond motifs is 1. The van der Waals surface area contributed by atoms with Gasteiger partial charge in [0.15, 0.2) is 0 Å². The van der Waals surface area contributed by atoms with Gasteiger partial charge in [0.1, 0.15) is 0 Å². The Kier molecular flexibility index (Phi) is 3.79. The van der Waals surface area contributed by atoms with Crippen molar-refractivity contribution < 1.29 is 9.90 Å². The van der Waals surface area contributed by atoms with Crippen LogP contribution < -0.4 is 0 Å². The van der Waals surface area contributed by atoms with Gasteiger partial charge in [-0.3, -0.25) is 4.79 Å². The summed E-state index contributed by atoms with van der Waals surface area (Å²) in [7, 11) is 0. The molecule has 1 saturated carbocycles. The lowest BCUT2D eigenvalue weighted by molar-refractivity contribution is -0.130. The van der Waals surface area contributed by atoms with Crippen molar-refractivity contribution in [2.75, 3.05) is 13.1 Å². The summed E-state index contributed by atoms with van der Waals surface area (Å²) in [5.41, 5.74) is 2.52. The number of hydrogen-bond acceptors (Lipinski definition) is 2. The normalized spacial score (nSPS) is 28.7. The van der Waals surface area contributed by atoms with E-state index in [9.17, 15) is 9.90 Å². The number of aryl methyl sites for hydroxylation is 2. The van der Waals surface area contributed by atoms with Gasteiger partial charge in [-0.2, -0.15) is 0 Å². The first-order chi connectivity index (χ1) is 9.65. The van der Waals surface area contributed by atoms with Gasteiger partial charge < -0.3 is 10.0 Å². The first-order valence-electron chi connectivity index (χ1n) is 7.65. The summed E-state index contributed by atoms with van der Waals surface area (Å²) in [6, 6.07) is 8.26. The zero-order chi connectivity index (χ0) is 14.1. The summed E-state index contributed by atoms with van der Waals surface area (Å²) in [5.74, 6) is 1.11. The Hall–Kier alpha value is -1.35. The summed E-state index contributed by atoms with van der Waals surface area (Å²) < 4.78 is 0. The van der Waals surface area contributed by atoms with E-state index in [1.165, 1.54) is 11.1 Å². The Bertz CT molecular complexity index is 500. The molecule has 1 aromatic carbocycles. The molecule has 1 heterocycles. The van der Waals surface area contributed by atoms with Gasteiger partial charge in [-0.05, 0) is 43.2 Å². The summed E-state index contributed by atoms with van der Waals surface area (Å²) in [6.45, 7) is 3.71. The molecule has 108 valence electrons. The molecule has 1 aliphatic heterocycles. The fraction of sp³-hybridized carbons (Fsp3) is 0.588. The van der Waals surface area contributed by atoms with Crippen LogP contribution in [0.5, 0.6) is 0 Å². The first kappa shape index (κ1) is 13.6. The summed E-state index contributed by atoms with van der Waals surface area (Å²) in [5, 5.41) is 9.91. The number of nitrogens with zero attached hydrogens (tertiary/aromatic N) is 1. The molecule has 1 saturated heterocycles. The van der Waals surface area contributed by atoms with Crippen molar-refractivity contribution in [1.82, 2.24) is 4.90 Å². The fourth-order valence-corrected chi connectivity index (χ4v) is 3.73. The molecule has 1 N–H and O–H groups in total. The van der Waals surface area contributed by atoms with Gasteiger partial charge in [0.05, 0.1) is 6.10 Å². The molecular formula is C17H23NO2. The van der Waals surface area contributed by atoms with Crippen molar-refractivity contribution in [3.8, 4) is 0 Å². The molecule has 3 nitrogen and oxygen atoms in total. The number of carbonyl (C=O) groups excluding carboxylic acids is 1. The average Bonchev–Trinajstić information content (AvgIpc) is 3.00. The van der Waals surface area contributed by atoms with Gasteiger partial charge in [-0.15, -0.1) is 0 Å². The minimum absolute atomic E-state index is 0.186. The van der Waals surface area contributed by atoms with E-state index in [-0.39, 0.29) is 12.0 Å². The number of hydrogen-bond donors (Lipinski definition) is 1. The summed E-state index contributed by atoms with van der Waals surface area (Å²) in [6.07, 6.45) is 3.21. The number of aliphatic hydroxyl groups is 1. The van der Waals surface area contributed by atoms with Crippen LogP contribution in [0.15, 0.2) is 24.3 Å². The van der Waals surface area contributed by atoms with Crippen LogP contribution in [0, 0.1) is 18.8 Å². The van der Waals surface area contributed by atoms with Gasteiger partial charge in [0.25, 0.3) is 0 Å². The largest absolute Gasteiger partial charge is 0.393 e. The molecule has 1 aliphatic carbocycles. The second-order valence-electron chi connectivity index (χ2n) is 6.29. The van der Waals surface area contributed by atoms with Crippen LogP contribution in [0.3, 0.4) is 0 Å². The Balaban J connectivity index is 1.55. The van der Waals surface area contributed by atoms with Crippen LogP contribution in [-0.4, -0.2) is 35.1 Å². The van der Waals surface area contributed by atoms with Crippen LogP contribution in [0.1, 0.15) is 30.4 Å². The van der Waals surface area contributed by atoms with E-state index in [0.29, 0.717) is 18.3 Å². The quantitative estimate of drug-likeness (QED) is 0.917. The minimum Gasteiger partial charge on any atom is -0.393 e. The van der Waals surface area contributed by atoms with Crippen LogP contribution in [0.2, 0.25) is 0 Å². The van der Waals surface area contributed by atoms with E-state index < -0.39 is 0 Å². The third-order valence-corrected chi connectivity index (χ3v) is 5.04. The van der Waals surface area contributed by atoms with Gasteiger partial charge in [0, 0.05) is 25.4 Å². The summed E-state index contributed by atoms with van der Waals surface area (Å²) >= 11 is 0. The van der Waals surface area contributed by atoms with E-state index in [1.807, 2.05) is 17.0 Å². The molecule has 1 amide bonds. The third kappa shape index (κ3) is 2.59. The molecule has 3 unspecified atom stereocenters. The van der Waals surface area contributed by atoms with Crippen LogP contribution in [-0.2, 0) is 11.2 Å². The number of benzene rings is 1. The first-order valence-corrected chi connectivity index (χ1v) is 7.65. The van der Waals surface area contributed by atoms with Crippen molar-refractivity contribution in [2.45, 2.75) is 38.7 Å². The van der Waals surface area contributed by atoms with Crippen LogP contribution in [0.25, 0.3) is 0 Å². The number of rotatable bonds is 3. The van der Waals surface area contributed by atoms with E-state index in [1.54, 1.807) is 0 Å². The minimum atomic E-state index is -0.186. The molecule has 20 heavy (non-hydrogen) atoms. The molecule has 0 bridgehead atoms. The standard InChI is InChI=1S/C17H23NO2/c1-12-4-2-3-5-13(12)7-9-17(20)18-10-14-6-8-16(19)15(14)11-18/h2-5,14-16,19H,6-11H2,1H3. The third-order valence-electron chi connectivity index (χ3n) is 5.04. The molecule has 3 atom stereocenters. The van der Waals surface area contributed by atoms with Crippen molar-refractivity contribution >= 4 is 5.91 Å². The number of likely N-dealkylation sites (tertiary alicyclic amines) is 1. The van der Waals surface area contributed by atoms with E-state index >= 15 is 0 Å². The molecule has 0 aromatic heterocycles. The second kappa shape index (κ2) is 5.57. The average molecular weight is 273 g/mol. The van der Waals surface area contributed by atoms with Crippen molar-refractivity contribution in [3.63, 3.8) is 0 Å². The number of aliphatic hydroxyl groups excluding tert-OH is 1. The van der Waals surface area contributed by atoms with Crippen LogP contribution >= 0.6 is 0 Å². The number of amides is 1. The predicted molar refractivity (Wildman–Crippen MR) is 78.3 cm³/mol. The molecule has 3 rings (SSSR count). The molecule has 0 spiro atoms. The monoisotopic (exact) mass is 273 g/mol. The van der Waals surface area contributed by atoms with Gasteiger partial charge >= 0.3 is 0 Å². The highest BCUT2D eigenvalue weighted by Crippen LogP contribution is 2.38. The molecule has 1 aromatic rings. The summed E-state index contributed by atoms with van der Waals surface area (Å²) in [4.78, 5) is 14.3. The fourth-order valence-electron chi connectivity index (χ4n) is 3.73. The number of carbonyl (C=O) groups is 1. The Morgan fingerprint density at radius 2 is 2.10 bits per heavy atom. The molecule has 2 aliphatic rings. The second-order valence-corrected chi connectivity index (χ2v) is 6.29. The van der Waals surface area contributed by atoms with E-state index in [2.05, 4.69) is 19.1 Å². The molecular weight excluding hydrogens is 250 g/mol. The van der Waals surface area contributed by atoms with E-state index in [4.69, 9.17) is 0 Å². The predicted octanol–water partition coefficient (Wildman–Crippen LogP) is 2.16. The maximum absolute atomic E-state index is 12.3. The molecule has 0 radical (unpaired) electrons. The molecule has 3 heteroatoms. The SMILES string of the molecule is Cc1ccccc1CCC(=O)N1CC2CCC(O)C2C1. The highest BCUT2D eigenvalue weighted by molar-refractivity contribution is 5.76. The zero-order valence-corrected chi connectivity index (χ0v) is 12.1. The highest BCUT2D eigenvalue weighted by Gasteiger charge is 2.42. The Morgan fingerprint density at radius 3 is 2.85 bits per heavy atom. The van der Waals surface area contributed by atoms with Crippen molar-refractivity contribution in [2.24, 2.45) is 11.8 Å². The lowest BCUT2D eigenvalue weighted by Gasteiger charge is -2.18. The van der Waals surface area contributed by atoms with Gasteiger partial charge in [0.2, 0.25) is 5.91 Å². The van der Waals surface area contributed by atoms with Gasteiger partial charge in [-0.1, -0.05) is 24.3 Å². The van der Waals surface area contributed by atoms with Crippen molar-refractivity contribution in [3.05, 3.63) is 35.4 Å².